The molecule has 0 saturated heterocycles. The van der Waals surface area contributed by atoms with Gasteiger partial charge < -0.3 is 10.6 Å². The molecule has 2 N–H and O–H groups in total. The standard InChI is InChI=1S/C21H21FN4O/c1-3-14-6-5-7-15(4-2)20(14)26-19-13-23-18(12-24-19)21(27)25-17-10-8-16(22)9-11-17/h5-13H,3-4H2,1-2H3,(H,24,26)(H,25,27). The average Bonchev–Trinajstić information content (AvgIpc) is 2.70. The van der Waals surface area contributed by atoms with E-state index in [0.29, 0.717) is 11.5 Å². The van der Waals surface area contributed by atoms with E-state index in [1.54, 1.807) is 0 Å². The molecule has 138 valence electrons. The molecular formula is C21H21FN4O. The highest BCUT2D eigenvalue weighted by atomic mass is 19.1. The SMILES string of the molecule is CCc1cccc(CC)c1Nc1cnc(C(=O)Nc2ccc(F)cc2)cn1. The molecule has 5 nitrogen and oxygen atoms in total. The second-order valence-corrected chi connectivity index (χ2v) is 6.03. The lowest BCUT2D eigenvalue weighted by Crippen LogP contribution is -2.14. The Morgan fingerprint density at radius 3 is 2.19 bits per heavy atom. The highest BCUT2D eigenvalue weighted by Crippen LogP contribution is 2.25. The predicted octanol–water partition coefficient (Wildman–Crippen LogP) is 4.74. The van der Waals surface area contributed by atoms with Crippen molar-refractivity contribution in [2.24, 2.45) is 0 Å². The van der Waals surface area contributed by atoms with E-state index in [9.17, 15) is 9.18 Å². The van der Waals surface area contributed by atoms with Crippen LogP contribution in [0.5, 0.6) is 0 Å². The number of benzene rings is 2. The van der Waals surface area contributed by atoms with Crippen LogP contribution in [0.4, 0.5) is 21.6 Å². The molecule has 0 unspecified atom stereocenters. The number of rotatable bonds is 6. The Bertz CT molecular complexity index is 902. The zero-order chi connectivity index (χ0) is 19.2. The van der Waals surface area contributed by atoms with Crippen molar-refractivity contribution in [2.45, 2.75) is 26.7 Å². The second-order valence-electron chi connectivity index (χ2n) is 6.03. The Morgan fingerprint density at radius 2 is 1.63 bits per heavy atom. The minimum Gasteiger partial charge on any atom is -0.338 e. The van der Waals surface area contributed by atoms with Crippen molar-refractivity contribution in [1.29, 1.82) is 0 Å². The van der Waals surface area contributed by atoms with Crippen molar-refractivity contribution in [3.63, 3.8) is 0 Å². The maximum Gasteiger partial charge on any atom is 0.275 e. The molecule has 27 heavy (non-hydrogen) atoms. The molecule has 6 heteroatoms. The summed E-state index contributed by atoms with van der Waals surface area (Å²) in [7, 11) is 0. The number of halogens is 1. The first kappa shape index (κ1) is 18.5. The van der Waals surface area contributed by atoms with Gasteiger partial charge in [0.2, 0.25) is 0 Å². The molecule has 1 heterocycles. The van der Waals surface area contributed by atoms with E-state index in [0.717, 1.165) is 18.5 Å². The van der Waals surface area contributed by atoms with Gasteiger partial charge >= 0.3 is 0 Å². The zero-order valence-electron chi connectivity index (χ0n) is 15.3. The summed E-state index contributed by atoms with van der Waals surface area (Å²) in [6.07, 6.45) is 4.76. The molecule has 0 aliphatic carbocycles. The summed E-state index contributed by atoms with van der Waals surface area (Å²) < 4.78 is 12.9. The number of hydrogen-bond acceptors (Lipinski definition) is 4. The van der Waals surface area contributed by atoms with Crippen molar-refractivity contribution in [1.82, 2.24) is 9.97 Å². The smallest absolute Gasteiger partial charge is 0.275 e. The van der Waals surface area contributed by atoms with Gasteiger partial charge in [0.15, 0.2) is 0 Å². The van der Waals surface area contributed by atoms with Crippen LogP contribution in [0.2, 0.25) is 0 Å². The molecule has 0 aliphatic heterocycles. The molecule has 0 fully saturated rings. The van der Waals surface area contributed by atoms with Crippen LogP contribution in [0.25, 0.3) is 0 Å². The third-order valence-corrected chi connectivity index (χ3v) is 4.24. The number of carbonyl (C=O) groups is 1. The van der Waals surface area contributed by atoms with E-state index in [1.165, 1.54) is 47.8 Å². The van der Waals surface area contributed by atoms with Gasteiger partial charge in [-0.3, -0.25) is 4.79 Å². The molecule has 0 atom stereocenters. The number of amides is 1. The van der Waals surface area contributed by atoms with Crippen molar-refractivity contribution < 1.29 is 9.18 Å². The number of para-hydroxylation sites is 1. The van der Waals surface area contributed by atoms with E-state index in [-0.39, 0.29) is 11.5 Å². The molecule has 0 spiro atoms. The molecule has 1 aromatic heterocycles. The Morgan fingerprint density at radius 1 is 0.963 bits per heavy atom. The lowest BCUT2D eigenvalue weighted by molar-refractivity contribution is 0.102. The number of anilines is 3. The van der Waals surface area contributed by atoms with Crippen LogP contribution in [0.15, 0.2) is 54.9 Å². The van der Waals surface area contributed by atoms with E-state index in [1.807, 2.05) is 0 Å². The van der Waals surface area contributed by atoms with Crippen LogP contribution < -0.4 is 10.6 Å². The van der Waals surface area contributed by atoms with Crippen molar-refractivity contribution in [3.8, 4) is 0 Å². The van der Waals surface area contributed by atoms with Gasteiger partial charge in [-0.05, 0) is 48.2 Å². The maximum absolute atomic E-state index is 12.9. The highest BCUT2D eigenvalue weighted by Gasteiger charge is 2.11. The van der Waals surface area contributed by atoms with Gasteiger partial charge in [0.1, 0.15) is 17.3 Å². The van der Waals surface area contributed by atoms with Gasteiger partial charge in [0.25, 0.3) is 5.91 Å². The number of hydrogen-bond donors (Lipinski definition) is 2. The largest absolute Gasteiger partial charge is 0.338 e. The number of nitrogens with one attached hydrogen (secondary N) is 2. The normalized spacial score (nSPS) is 10.5. The Balaban J connectivity index is 1.74. The molecule has 0 radical (unpaired) electrons. The first-order valence-electron chi connectivity index (χ1n) is 8.87. The summed E-state index contributed by atoms with van der Waals surface area (Å²) in [4.78, 5) is 20.7. The van der Waals surface area contributed by atoms with Gasteiger partial charge in [-0.2, -0.15) is 0 Å². The Labute approximate surface area is 157 Å². The van der Waals surface area contributed by atoms with E-state index in [2.05, 4.69) is 52.6 Å². The fourth-order valence-electron chi connectivity index (χ4n) is 2.77. The number of nitrogens with zero attached hydrogens (tertiary/aromatic N) is 2. The minimum absolute atomic E-state index is 0.185. The van der Waals surface area contributed by atoms with Gasteiger partial charge in [-0.1, -0.05) is 32.0 Å². The Hall–Kier alpha value is -3.28. The summed E-state index contributed by atoms with van der Waals surface area (Å²) in [6, 6.07) is 11.8. The zero-order valence-corrected chi connectivity index (χ0v) is 15.3. The monoisotopic (exact) mass is 364 g/mol. The topological polar surface area (TPSA) is 66.9 Å². The summed E-state index contributed by atoms with van der Waals surface area (Å²) >= 11 is 0. The van der Waals surface area contributed by atoms with Gasteiger partial charge in [0.05, 0.1) is 12.4 Å². The molecule has 1 amide bonds. The van der Waals surface area contributed by atoms with Gasteiger partial charge in [0, 0.05) is 11.4 Å². The van der Waals surface area contributed by atoms with Crippen LogP contribution in [-0.4, -0.2) is 15.9 Å². The molecule has 3 aromatic rings. The van der Waals surface area contributed by atoms with Crippen LogP contribution in [-0.2, 0) is 12.8 Å². The van der Waals surface area contributed by atoms with E-state index >= 15 is 0 Å². The second kappa shape index (κ2) is 8.40. The predicted molar refractivity (Wildman–Crippen MR) is 105 cm³/mol. The van der Waals surface area contributed by atoms with Crippen LogP contribution in [0.1, 0.15) is 35.5 Å². The number of carbonyl (C=O) groups excluding carboxylic acids is 1. The molecule has 2 aromatic carbocycles. The third-order valence-electron chi connectivity index (χ3n) is 4.24. The first-order valence-corrected chi connectivity index (χ1v) is 8.87. The van der Waals surface area contributed by atoms with Crippen LogP contribution >= 0.6 is 0 Å². The van der Waals surface area contributed by atoms with Crippen molar-refractivity contribution >= 4 is 23.1 Å². The fourth-order valence-corrected chi connectivity index (χ4v) is 2.77. The van der Waals surface area contributed by atoms with Crippen LogP contribution in [0, 0.1) is 5.82 Å². The number of aromatic nitrogens is 2. The highest BCUT2D eigenvalue weighted by molar-refractivity contribution is 6.02. The lowest BCUT2D eigenvalue weighted by Gasteiger charge is -2.14. The van der Waals surface area contributed by atoms with E-state index in [4.69, 9.17) is 0 Å². The van der Waals surface area contributed by atoms with E-state index < -0.39 is 5.91 Å². The quantitative estimate of drug-likeness (QED) is 0.663. The average molecular weight is 364 g/mol. The van der Waals surface area contributed by atoms with Gasteiger partial charge in [-0.15, -0.1) is 0 Å². The minimum atomic E-state index is -0.399. The lowest BCUT2D eigenvalue weighted by atomic mass is 10.0. The third kappa shape index (κ3) is 4.47. The Kier molecular flexibility index (Phi) is 5.76. The molecule has 0 bridgehead atoms. The summed E-state index contributed by atoms with van der Waals surface area (Å²) in [5, 5.41) is 5.98. The van der Waals surface area contributed by atoms with Crippen molar-refractivity contribution in [2.75, 3.05) is 10.6 Å². The first-order chi connectivity index (χ1) is 13.1. The van der Waals surface area contributed by atoms with Crippen molar-refractivity contribution in [3.05, 3.63) is 77.5 Å². The summed E-state index contributed by atoms with van der Waals surface area (Å²) in [5.74, 6) is -0.185. The number of aryl methyl sites for hydroxylation is 2. The molecule has 3 rings (SSSR count). The van der Waals surface area contributed by atoms with Gasteiger partial charge in [-0.25, -0.2) is 14.4 Å². The molecular weight excluding hydrogens is 343 g/mol. The summed E-state index contributed by atoms with van der Waals surface area (Å²) in [6.45, 7) is 4.21. The summed E-state index contributed by atoms with van der Waals surface area (Å²) in [5.41, 5.74) is 4.13. The van der Waals surface area contributed by atoms with Crippen LogP contribution in [0.3, 0.4) is 0 Å². The molecule has 0 saturated carbocycles. The fraction of sp³-hybridized carbons (Fsp3) is 0.190. The molecule has 0 aliphatic rings. The maximum atomic E-state index is 12.9.